The van der Waals surface area contributed by atoms with Crippen LogP contribution in [0.1, 0.15) is 60.3 Å². The monoisotopic (exact) mass is 156 g/mol. The van der Waals surface area contributed by atoms with E-state index in [-0.39, 0.29) is 7.43 Å². The van der Waals surface area contributed by atoms with E-state index in [2.05, 4.69) is 6.92 Å². The Morgan fingerprint density at radius 3 is 1.64 bits per heavy atom. The molecule has 11 heavy (non-hydrogen) atoms. The van der Waals surface area contributed by atoms with Gasteiger partial charge in [0.05, 0.1) is 0 Å². The lowest BCUT2D eigenvalue weighted by Gasteiger charge is -2.18. The summed E-state index contributed by atoms with van der Waals surface area (Å²) in [5, 5.41) is 0. The standard InChI is InChI=1S/C8H14.C2H6.CH4/c1-8-4-2-7(6-8)3-5-8;1-2;/h7H,2-6H2,1H3;1-2H3;1H4. The Labute approximate surface area is 72.4 Å². The first kappa shape index (κ1) is 11.0. The van der Waals surface area contributed by atoms with Crippen LogP contribution in [0.15, 0.2) is 0 Å². The van der Waals surface area contributed by atoms with Gasteiger partial charge in [0, 0.05) is 0 Å². The number of rotatable bonds is 0. The summed E-state index contributed by atoms with van der Waals surface area (Å²) in [5.41, 5.74) is 0.810. The average Bonchev–Trinajstić information content (AvgIpc) is 2.49. The third-order valence-corrected chi connectivity index (χ3v) is 3.09. The van der Waals surface area contributed by atoms with Crippen molar-refractivity contribution < 1.29 is 0 Å². The Morgan fingerprint density at radius 1 is 1.09 bits per heavy atom. The van der Waals surface area contributed by atoms with E-state index < -0.39 is 0 Å². The largest absolute Gasteiger partial charge is 0.0776 e. The van der Waals surface area contributed by atoms with Crippen molar-refractivity contribution in [2.75, 3.05) is 0 Å². The summed E-state index contributed by atoms with van der Waals surface area (Å²) in [6, 6.07) is 0. The lowest BCUT2D eigenvalue weighted by atomic mass is 9.87. The SMILES string of the molecule is C.CC.CC12CCC(CC1)C2. The zero-order chi connectivity index (χ0) is 7.61. The number of hydrogen-bond acceptors (Lipinski definition) is 0. The van der Waals surface area contributed by atoms with Crippen LogP contribution >= 0.6 is 0 Å². The second-order valence-corrected chi connectivity index (χ2v) is 3.96. The fourth-order valence-electron chi connectivity index (χ4n) is 2.48. The van der Waals surface area contributed by atoms with Gasteiger partial charge in [-0.2, -0.15) is 0 Å². The van der Waals surface area contributed by atoms with E-state index in [1.165, 1.54) is 25.7 Å². The molecule has 2 saturated carbocycles. The van der Waals surface area contributed by atoms with Crippen molar-refractivity contribution in [3.8, 4) is 0 Å². The molecule has 0 radical (unpaired) electrons. The second kappa shape index (κ2) is 4.13. The molecular weight excluding hydrogens is 132 g/mol. The van der Waals surface area contributed by atoms with E-state index in [1.807, 2.05) is 13.8 Å². The molecule has 0 heteroatoms. The van der Waals surface area contributed by atoms with Gasteiger partial charge in [0.25, 0.3) is 0 Å². The molecule has 0 unspecified atom stereocenters. The molecule has 0 saturated heterocycles. The van der Waals surface area contributed by atoms with E-state index in [4.69, 9.17) is 0 Å². The van der Waals surface area contributed by atoms with Gasteiger partial charge in [0.1, 0.15) is 0 Å². The lowest BCUT2D eigenvalue weighted by molar-refractivity contribution is 0.332. The molecule has 0 aromatic heterocycles. The number of hydrogen-bond donors (Lipinski definition) is 0. The fourth-order valence-corrected chi connectivity index (χ4v) is 2.48. The van der Waals surface area contributed by atoms with Crippen molar-refractivity contribution in [2.45, 2.75) is 60.3 Å². The summed E-state index contributed by atoms with van der Waals surface area (Å²) in [6.07, 6.45) is 7.68. The van der Waals surface area contributed by atoms with E-state index in [1.54, 1.807) is 6.42 Å². The van der Waals surface area contributed by atoms with Crippen LogP contribution in [-0.2, 0) is 0 Å². The van der Waals surface area contributed by atoms with Crippen LogP contribution in [0.4, 0.5) is 0 Å². The molecule has 0 atom stereocenters. The highest BCUT2D eigenvalue weighted by atomic mass is 14.5. The van der Waals surface area contributed by atoms with Gasteiger partial charge in [0.15, 0.2) is 0 Å². The van der Waals surface area contributed by atoms with Gasteiger partial charge in [-0.05, 0) is 43.4 Å². The summed E-state index contributed by atoms with van der Waals surface area (Å²) in [7, 11) is 0. The molecule has 0 heterocycles. The van der Waals surface area contributed by atoms with Crippen LogP contribution in [-0.4, -0.2) is 0 Å². The summed E-state index contributed by atoms with van der Waals surface area (Å²) in [6.45, 7) is 6.46. The van der Waals surface area contributed by atoms with Gasteiger partial charge in [-0.3, -0.25) is 0 Å². The van der Waals surface area contributed by atoms with Gasteiger partial charge in [0.2, 0.25) is 0 Å². The minimum atomic E-state index is 0. The lowest BCUT2D eigenvalue weighted by Crippen LogP contribution is -2.06. The maximum Gasteiger partial charge on any atom is -0.0323 e. The molecule has 2 aliphatic carbocycles. The van der Waals surface area contributed by atoms with Crippen molar-refractivity contribution in [1.29, 1.82) is 0 Å². The maximum absolute atomic E-state index is 2.46. The normalized spacial score (nSPS) is 39.0. The quantitative estimate of drug-likeness (QED) is 0.492. The second-order valence-electron chi connectivity index (χ2n) is 3.96. The van der Waals surface area contributed by atoms with Crippen molar-refractivity contribution in [3.05, 3.63) is 0 Å². The first-order valence-corrected chi connectivity index (χ1v) is 4.79. The van der Waals surface area contributed by atoms with E-state index in [0.29, 0.717) is 0 Å². The highest BCUT2D eigenvalue weighted by Crippen LogP contribution is 2.53. The first-order valence-electron chi connectivity index (χ1n) is 4.79. The molecule has 2 fully saturated rings. The molecule has 0 nitrogen and oxygen atoms in total. The molecule has 2 aliphatic rings. The van der Waals surface area contributed by atoms with Gasteiger partial charge in [-0.1, -0.05) is 28.2 Å². The highest BCUT2D eigenvalue weighted by Gasteiger charge is 2.40. The Kier molecular flexibility index (Phi) is 4.13. The highest BCUT2D eigenvalue weighted by molar-refractivity contribution is 4.92. The third-order valence-electron chi connectivity index (χ3n) is 3.09. The summed E-state index contributed by atoms with van der Waals surface area (Å²) in [5.74, 6) is 1.14. The molecule has 68 valence electrons. The van der Waals surface area contributed by atoms with Crippen molar-refractivity contribution in [2.24, 2.45) is 11.3 Å². The van der Waals surface area contributed by atoms with Gasteiger partial charge < -0.3 is 0 Å². The van der Waals surface area contributed by atoms with Crippen LogP contribution in [0.25, 0.3) is 0 Å². The van der Waals surface area contributed by atoms with Crippen LogP contribution in [0.2, 0.25) is 0 Å². The summed E-state index contributed by atoms with van der Waals surface area (Å²) in [4.78, 5) is 0. The van der Waals surface area contributed by atoms with Gasteiger partial charge >= 0.3 is 0 Å². The van der Waals surface area contributed by atoms with Crippen molar-refractivity contribution >= 4 is 0 Å². The van der Waals surface area contributed by atoms with Gasteiger partial charge in [-0.15, -0.1) is 0 Å². The van der Waals surface area contributed by atoms with Crippen LogP contribution in [0.3, 0.4) is 0 Å². The predicted octanol–water partition coefficient (Wildman–Crippen LogP) is 4.25. The average molecular weight is 156 g/mol. The Balaban J connectivity index is 0.000000311. The molecule has 2 rings (SSSR count). The molecule has 0 aliphatic heterocycles. The summed E-state index contributed by atoms with van der Waals surface area (Å²) < 4.78 is 0. The molecule has 0 aromatic carbocycles. The summed E-state index contributed by atoms with van der Waals surface area (Å²) >= 11 is 0. The minimum absolute atomic E-state index is 0. The van der Waals surface area contributed by atoms with Crippen LogP contribution < -0.4 is 0 Å². The molecule has 0 aromatic rings. The van der Waals surface area contributed by atoms with Gasteiger partial charge in [-0.25, -0.2) is 0 Å². The van der Waals surface area contributed by atoms with E-state index in [9.17, 15) is 0 Å². The predicted molar refractivity (Wildman–Crippen MR) is 52.8 cm³/mol. The Bertz CT molecular complexity index is 96.6. The molecule has 0 amide bonds. The molecule has 0 spiro atoms. The minimum Gasteiger partial charge on any atom is -0.0776 e. The number of fused-ring (bicyclic) bond motifs is 2. The Morgan fingerprint density at radius 2 is 1.55 bits per heavy atom. The zero-order valence-electron chi connectivity index (χ0n) is 7.61. The van der Waals surface area contributed by atoms with Crippen molar-refractivity contribution in [1.82, 2.24) is 0 Å². The maximum atomic E-state index is 2.46. The topological polar surface area (TPSA) is 0 Å². The van der Waals surface area contributed by atoms with Crippen molar-refractivity contribution in [3.63, 3.8) is 0 Å². The zero-order valence-corrected chi connectivity index (χ0v) is 7.61. The molecule has 0 N–H and O–H groups in total. The first-order chi connectivity index (χ1) is 4.79. The van der Waals surface area contributed by atoms with E-state index in [0.717, 1.165) is 11.3 Å². The molecule has 2 bridgehead atoms. The van der Waals surface area contributed by atoms with E-state index >= 15 is 0 Å². The van der Waals surface area contributed by atoms with Crippen LogP contribution in [0.5, 0.6) is 0 Å². The molecular formula is C11H24. The third kappa shape index (κ3) is 2.21. The fraction of sp³-hybridized carbons (Fsp3) is 1.00. The Hall–Kier alpha value is 0. The smallest absolute Gasteiger partial charge is 0.0323 e. The van der Waals surface area contributed by atoms with Crippen LogP contribution in [0, 0.1) is 11.3 Å².